The van der Waals surface area contributed by atoms with Gasteiger partial charge in [0.2, 0.25) is 5.88 Å². The summed E-state index contributed by atoms with van der Waals surface area (Å²) in [5.74, 6) is 0.792. The highest BCUT2D eigenvalue weighted by molar-refractivity contribution is 7.71. The fourth-order valence-electron chi connectivity index (χ4n) is 2.93. The summed E-state index contributed by atoms with van der Waals surface area (Å²) in [7, 11) is 0. The Kier molecular flexibility index (Phi) is 2.94. The topological polar surface area (TPSA) is 29.9 Å². The summed E-state index contributed by atoms with van der Waals surface area (Å²) in [6, 6.07) is 16.6. The third-order valence-electron chi connectivity index (χ3n) is 4.10. The van der Waals surface area contributed by atoms with Gasteiger partial charge in [-0.05, 0) is 32.1 Å². The highest BCUT2D eigenvalue weighted by Gasteiger charge is 2.27. The number of hydrogen-bond acceptors (Lipinski definition) is 2. The van der Waals surface area contributed by atoms with Crippen molar-refractivity contribution < 1.29 is 4.74 Å². The maximum Gasteiger partial charge on any atom is 0.226 e. The third kappa shape index (κ3) is 1.91. The van der Waals surface area contributed by atoms with Crippen LogP contribution in [-0.2, 0) is 0 Å². The number of imidazole rings is 1. The van der Waals surface area contributed by atoms with Crippen molar-refractivity contribution in [3.05, 3.63) is 64.4 Å². The molecule has 22 heavy (non-hydrogen) atoms. The minimum atomic E-state index is 0.00518. The van der Waals surface area contributed by atoms with E-state index in [0.29, 0.717) is 4.77 Å². The Morgan fingerprint density at radius 3 is 2.59 bits per heavy atom. The normalized spacial score (nSPS) is 15.8. The minimum absolute atomic E-state index is 0.00518. The molecule has 1 aromatic heterocycles. The van der Waals surface area contributed by atoms with Crippen LogP contribution >= 0.6 is 12.2 Å². The van der Waals surface area contributed by atoms with Crippen molar-refractivity contribution in [2.45, 2.75) is 20.0 Å². The summed E-state index contributed by atoms with van der Waals surface area (Å²) in [6.07, 6.45) is 0.00518. The standard InChI is InChI=1S/C18H16N2OS/c1-11-7-9-13(10-8-11)16-17-20(18(22)19-16)15-6-4-3-5-14(15)12(2)21-17/h3-10,12H,1-2H3,(H,19,22). The molecule has 4 rings (SSSR count). The smallest absolute Gasteiger partial charge is 0.226 e. The third-order valence-corrected chi connectivity index (χ3v) is 4.38. The summed E-state index contributed by atoms with van der Waals surface area (Å²) in [5.41, 5.74) is 5.50. The number of para-hydroxylation sites is 1. The number of hydrogen-bond donors (Lipinski definition) is 1. The van der Waals surface area contributed by atoms with Gasteiger partial charge in [0.25, 0.3) is 0 Å². The van der Waals surface area contributed by atoms with Crippen molar-refractivity contribution in [3.8, 4) is 22.8 Å². The SMILES string of the molecule is Cc1ccc(-c2[nH]c(=S)n3c2OC(C)c2ccccc2-3)cc1. The van der Waals surface area contributed by atoms with Crippen LogP contribution in [0.25, 0.3) is 16.9 Å². The van der Waals surface area contributed by atoms with E-state index in [1.807, 2.05) is 16.7 Å². The lowest BCUT2D eigenvalue weighted by Gasteiger charge is -2.26. The van der Waals surface area contributed by atoms with Gasteiger partial charge in [0, 0.05) is 11.1 Å². The summed E-state index contributed by atoms with van der Waals surface area (Å²) in [4.78, 5) is 3.31. The van der Waals surface area contributed by atoms with Crippen molar-refractivity contribution in [3.63, 3.8) is 0 Å². The predicted octanol–water partition coefficient (Wildman–Crippen LogP) is 4.96. The average Bonchev–Trinajstić information content (AvgIpc) is 2.85. The van der Waals surface area contributed by atoms with Crippen LogP contribution in [0.5, 0.6) is 5.88 Å². The Morgan fingerprint density at radius 1 is 1.09 bits per heavy atom. The van der Waals surface area contributed by atoms with Crippen molar-refractivity contribution in [1.82, 2.24) is 9.55 Å². The molecule has 1 aliphatic heterocycles. The van der Waals surface area contributed by atoms with Gasteiger partial charge in [-0.2, -0.15) is 0 Å². The number of H-pyrrole nitrogens is 1. The molecule has 1 atom stereocenters. The van der Waals surface area contributed by atoms with Crippen molar-refractivity contribution in [1.29, 1.82) is 0 Å². The van der Waals surface area contributed by atoms with E-state index in [0.717, 1.165) is 28.4 Å². The summed E-state index contributed by atoms with van der Waals surface area (Å²) < 4.78 is 8.80. The Hall–Kier alpha value is -2.33. The molecular weight excluding hydrogens is 292 g/mol. The molecule has 0 saturated heterocycles. The van der Waals surface area contributed by atoms with Crippen LogP contribution in [0.4, 0.5) is 0 Å². The molecule has 1 unspecified atom stereocenters. The Balaban J connectivity index is 1.97. The predicted molar refractivity (Wildman–Crippen MR) is 90.2 cm³/mol. The van der Waals surface area contributed by atoms with Gasteiger partial charge in [-0.25, -0.2) is 0 Å². The number of rotatable bonds is 1. The van der Waals surface area contributed by atoms with Crippen molar-refractivity contribution in [2.75, 3.05) is 0 Å². The zero-order chi connectivity index (χ0) is 15.3. The number of nitrogens with one attached hydrogen (secondary N) is 1. The number of aromatic amines is 1. The number of benzene rings is 2. The van der Waals surface area contributed by atoms with Crippen LogP contribution in [0, 0.1) is 11.7 Å². The number of fused-ring (bicyclic) bond motifs is 3. The van der Waals surface area contributed by atoms with Crippen LogP contribution in [-0.4, -0.2) is 9.55 Å². The van der Waals surface area contributed by atoms with Gasteiger partial charge in [-0.3, -0.25) is 4.57 Å². The van der Waals surface area contributed by atoms with E-state index in [1.54, 1.807) is 0 Å². The van der Waals surface area contributed by atoms with Crippen LogP contribution in [0.15, 0.2) is 48.5 Å². The van der Waals surface area contributed by atoms with E-state index < -0.39 is 0 Å². The summed E-state index contributed by atoms with van der Waals surface area (Å²) in [5, 5.41) is 0. The number of nitrogens with zero attached hydrogens (tertiary/aromatic N) is 1. The lowest BCUT2D eigenvalue weighted by molar-refractivity contribution is 0.203. The summed E-state index contributed by atoms with van der Waals surface area (Å²) >= 11 is 5.53. The molecule has 110 valence electrons. The molecule has 3 aromatic rings. The lowest BCUT2D eigenvalue weighted by Crippen LogP contribution is -2.16. The zero-order valence-electron chi connectivity index (χ0n) is 12.5. The molecule has 0 fully saturated rings. The molecule has 3 nitrogen and oxygen atoms in total. The first-order chi connectivity index (χ1) is 10.6. The zero-order valence-corrected chi connectivity index (χ0v) is 13.3. The van der Waals surface area contributed by atoms with Crippen LogP contribution in [0.1, 0.15) is 24.2 Å². The van der Waals surface area contributed by atoms with Gasteiger partial charge < -0.3 is 9.72 Å². The highest BCUT2D eigenvalue weighted by Crippen LogP contribution is 2.40. The van der Waals surface area contributed by atoms with Gasteiger partial charge in [-0.15, -0.1) is 0 Å². The van der Waals surface area contributed by atoms with E-state index >= 15 is 0 Å². The van der Waals surface area contributed by atoms with Gasteiger partial charge >= 0.3 is 0 Å². The first kappa shape index (κ1) is 13.3. The monoisotopic (exact) mass is 308 g/mol. The van der Waals surface area contributed by atoms with Gasteiger partial charge in [0.1, 0.15) is 11.8 Å². The average molecular weight is 308 g/mol. The quantitative estimate of drug-likeness (QED) is 0.644. The van der Waals surface area contributed by atoms with Gasteiger partial charge in [0.05, 0.1) is 5.69 Å². The minimum Gasteiger partial charge on any atom is -0.469 e. The summed E-state index contributed by atoms with van der Waals surface area (Å²) in [6.45, 7) is 4.15. The Bertz CT molecular complexity index is 906. The second-order valence-electron chi connectivity index (χ2n) is 5.63. The van der Waals surface area contributed by atoms with E-state index in [1.165, 1.54) is 5.56 Å². The fourth-order valence-corrected chi connectivity index (χ4v) is 3.22. The number of aromatic nitrogens is 2. The van der Waals surface area contributed by atoms with Crippen molar-refractivity contribution >= 4 is 12.2 Å². The van der Waals surface area contributed by atoms with Gasteiger partial charge in [-0.1, -0.05) is 48.0 Å². The second-order valence-corrected chi connectivity index (χ2v) is 6.02. The van der Waals surface area contributed by atoms with E-state index in [2.05, 4.69) is 55.2 Å². The molecule has 0 aliphatic carbocycles. The highest BCUT2D eigenvalue weighted by atomic mass is 32.1. The molecule has 0 spiro atoms. The molecular formula is C18H16N2OS. The molecule has 4 heteroatoms. The van der Waals surface area contributed by atoms with Crippen molar-refractivity contribution in [2.24, 2.45) is 0 Å². The molecule has 0 saturated carbocycles. The first-order valence-corrected chi connectivity index (χ1v) is 7.74. The lowest BCUT2D eigenvalue weighted by atomic mass is 10.1. The molecule has 2 heterocycles. The van der Waals surface area contributed by atoms with E-state index in [-0.39, 0.29) is 6.10 Å². The molecule has 0 amide bonds. The first-order valence-electron chi connectivity index (χ1n) is 7.33. The Labute approximate surface area is 134 Å². The van der Waals surface area contributed by atoms with Gasteiger partial charge in [0.15, 0.2) is 4.77 Å². The number of ether oxygens (including phenoxy) is 1. The fraction of sp³-hybridized carbons (Fsp3) is 0.167. The van der Waals surface area contributed by atoms with Crippen LogP contribution in [0.2, 0.25) is 0 Å². The maximum atomic E-state index is 6.16. The molecule has 0 radical (unpaired) electrons. The molecule has 2 aromatic carbocycles. The second kappa shape index (κ2) is 4.85. The largest absolute Gasteiger partial charge is 0.469 e. The van der Waals surface area contributed by atoms with E-state index in [9.17, 15) is 0 Å². The molecule has 0 bridgehead atoms. The maximum absolute atomic E-state index is 6.16. The molecule has 1 aliphatic rings. The van der Waals surface area contributed by atoms with Crippen LogP contribution in [0.3, 0.4) is 0 Å². The Morgan fingerprint density at radius 2 is 1.82 bits per heavy atom. The molecule has 1 N–H and O–H groups in total. The van der Waals surface area contributed by atoms with E-state index in [4.69, 9.17) is 17.0 Å². The van der Waals surface area contributed by atoms with Crippen LogP contribution < -0.4 is 4.74 Å². The number of aryl methyl sites for hydroxylation is 1.